The van der Waals surface area contributed by atoms with E-state index in [1.54, 1.807) is 21.8 Å². The molecule has 1 N–H and O–H groups in total. The number of nitrogens with one attached hydrogen (secondary N) is 1. The molecule has 0 aromatic rings. The zero-order chi connectivity index (χ0) is 5.54. The predicted molar refractivity (Wildman–Crippen MR) is 39.3 cm³/mol. The summed E-state index contributed by atoms with van der Waals surface area (Å²) in [5.41, 5.74) is 0. The van der Waals surface area contributed by atoms with Crippen LogP contribution in [0.15, 0.2) is 12.7 Å². The molecule has 0 radical (unpaired) electrons. The maximum Gasteiger partial charge on any atom is 0.0227 e. The van der Waals surface area contributed by atoms with Crippen LogP contribution in [0.3, 0.4) is 0 Å². The van der Waals surface area contributed by atoms with E-state index < -0.39 is 0 Å². The first-order chi connectivity index (χ1) is 3.41. The van der Waals surface area contributed by atoms with Gasteiger partial charge in [-0.3, -0.25) is 4.72 Å². The van der Waals surface area contributed by atoms with Gasteiger partial charge < -0.3 is 0 Å². The van der Waals surface area contributed by atoms with Crippen molar-refractivity contribution in [3.63, 3.8) is 0 Å². The van der Waals surface area contributed by atoms with Gasteiger partial charge in [-0.15, -0.1) is 6.58 Å². The predicted octanol–water partition coefficient (Wildman–Crippen LogP) is 1.69. The second kappa shape index (κ2) is 6.40. The molecule has 0 fully saturated rings. The molecule has 0 aliphatic heterocycles. The fourth-order valence-corrected chi connectivity index (χ4v) is 1.27. The third-order valence-electron chi connectivity index (χ3n) is 0.328. The van der Waals surface area contributed by atoms with Gasteiger partial charge in [-0.2, -0.15) is 0 Å². The standard InChI is InChI=1S/C4H9NS2/c1-3-4-6-7-5-2/h3,5H,1,4H2,2H3. The van der Waals surface area contributed by atoms with Crippen LogP contribution >= 0.6 is 21.8 Å². The van der Waals surface area contributed by atoms with Crippen molar-refractivity contribution in [2.45, 2.75) is 0 Å². The molecule has 0 aliphatic rings. The van der Waals surface area contributed by atoms with E-state index in [1.807, 2.05) is 13.1 Å². The van der Waals surface area contributed by atoms with Crippen LogP contribution < -0.4 is 4.72 Å². The Bertz CT molecular complexity index is 47.0. The van der Waals surface area contributed by atoms with Gasteiger partial charge in [-0.1, -0.05) is 16.9 Å². The van der Waals surface area contributed by atoms with Crippen LogP contribution in [0, 0.1) is 0 Å². The summed E-state index contributed by atoms with van der Waals surface area (Å²) >= 11 is 0. The lowest BCUT2D eigenvalue weighted by Gasteiger charge is -1.89. The molecule has 0 aromatic heterocycles. The number of hydrogen-bond donors (Lipinski definition) is 1. The first-order valence-electron chi connectivity index (χ1n) is 1.98. The molecular formula is C4H9NS2. The third-order valence-corrected chi connectivity index (χ3v) is 2.25. The molecule has 0 aromatic carbocycles. The van der Waals surface area contributed by atoms with E-state index in [1.165, 1.54) is 0 Å². The van der Waals surface area contributed by atoms with Crippen molar-refractivity contribution in [1.29, 1.82) is 0 Å². The molecule has 0 saturated carbocycles. The fourth-order valence-electron chi connectivity index (χ4n) is 0.141. The molecule has 0 saturated heterocycles. The molecule has 0 bridgehead atoms. The Morgan fingerprint density at radius 3 is 3.00 bits per heavy atom. The van der Waals surface area contributed by atoms with E-state index in [-0.39, 0.29) is 0 Å². The van der Waals surface area contributed by atoms with Crippen molar-refractivity contribution in [3.05, 3.63) is 12.7 Å². The second-order valence-corrected chi connectivity index (χ2v) is 3.21. The highest BCUT2D eigenvalue weighted by molar-refractivity contribution is 8.76. The average Bonchev–Trinajstić information content (AvgIpc) is 1.69. The van der Waals surface area contributed by atoms with Gasteiger partial charge in [0.25, 0.3) is 0 Å². The summed E-state index contributed by atoms with van der Waals surface area (Å²) < 4.78 is 2.93. The average molecular weight is 135 g/mol. The maximum atomic E-state index is 3.57. The lowest BCUT2D eigenvalue weighted by molar-refractivity contribution is 1.31. The molecule has 0 amide bonds. The van der Waals surface area contributed by atoms with E-state index >= 15 is 0 Å². The first-order valence-corrected chi connectivity index (χ1v) is 4.29. The van der Waals surface area contributed by atoms with Gasteiger partial charge in [0.05, 0.1) is 0 Å². The van der Waals surface area contributed by atoms with Crippen LogP contribution in [-0.2, 0) is 0 Å². The minimum atomic E-state index is 1.01. The zero-order valence-electron chi connectivity index (χ0n) is 4.31. The maximum absolute atomic E-state index is 3.57. The highest BCUT2D eigenvalue weighted by Crippen LogP contribution is 2.14. The molecule has 0 unspecified atom stereocenters. The van der Waals surface area contributed by atoms with Crippen LogP contribution in [-0.4, -0.2) is 12.8 Å². The summed E-state index contributed by atoms with van der Waals surface area (Å²) in [6.07, 6.45) is 1.88. The Labute approximate surface area is 52.5 Å². The molecule has 1 nitrogen and oxygen atoms in total. The summed E-state index contributed by atoms with van der Waals surface area (Å²) in [5, 5.41) is 0. The number of hydrogen-bond acceptors (Lipinski definition) is 3. The van der Waals surface area contributed by atoms with Crippen molar-refractivity contribution in [2.24, 2.45) is 0 Å². The molecule has 0 aliphatic carbocycles. The van der Waals surface area contributed by atoms with Crippen molar-refractivity contribution >= 4 is 21.8 Å². The van der Waals surface area contributed by atoms with E-state index in [9.17, 15) is 0 Å². The van der Waals surface area contributed by atoms with Crippen molar-refractivity contribution in [3.8, 4) is 0 Å². The summed E-state index contributed by atoms with van der Waals surface area (Å²) in [6.45, 7) is 3.57. The molecule has 3 heteroatoms. The summed E-state index contributed by atoms with van der Waals surface area (Å²) in [7, 11) is 5.27. The normalized spacial score (nSPS) is 8.71. The minimum absolute atomic E-state index is 1.01. The molecule has 7 heavy (non-hydrogen) atoms. The van der Waals surface area contributed by atoms with Gasteiger partial charge in [0, 0.05) is 5.75 Å². The zero-order valence-corrected chi connectivity index (χ0v) is 5.94. The largest absolute Gasteiger partial charge is 0.258 e. The van der Waals surface area contributed by atoms with E-state index in [4.69, 9.17) is 0 Å². The highest BCUT2D eigenvalue weighted by Gasteiger charge is 1.76. The first kappa shape index (κ1) is 7.40. The van der Waals surface area contributed by atoms with Gasteiger partial charge >= 0.3 is 0 Å². The molecular weight excluding hydrogens is 126 g/mol. The van der Waals surface area contributed by atoms with Gasteiger partial charge in [-0.25, -0.2) is 0 Å². The smallest absolute Gasteiger partial charge is 0.0227 e. The van der Waals surface area contributed by atoms with Crippen LogP contribution in [0.1, 0.15) is 0 Å². The summed E-state index contributed by atoms with van der Waals surface area (Å²) in [6, 6.07) is 0. The SMILES string of the molecule is C=CCSSNC. The second-order valence-electron chi connectivity index (χ2n) is 0.861. The van der Waals surface area contributed by atoms with Gasteiger partial charge in [0.2, 0.25) is 0 Å². The Hall–Kier alpha value is 0.400. The van der Waals surface area contributed by atoms with Gasteiger partial charge in [0.1, 0.15) is 0 Å². The Kier molecular flexibility index (Phi) is 6.77. The number of rotatable bonds is 4. The quantitative estimate of drug-likeness (QED) is 0.273. The molecule has 0 atom stereocenters. The highest BCUT2D eigenvalue weighted by atomic mass is 33.1. The summed E-state index contributed by atoms with van der Waals surface area (Å²) in [5.74, 6) is 1.01. The Morgan fingerprint density at radius 2 is 2.57 bits per heavy atom. The lowest BCUT2D eigenvalue weighted by atomic mass is 10.8. The minimum Gasteiger partial charge on any atom is -0.258 e. The van der Waals surface area contributed by atoms with Gasteiger partial charge in [0.15, 0.2) is 0 Å². The Morgan fingerprint density at radius 1 is 1.86 bits per heavy atom. The van der Waals surface area contributed by atoms with Crippen LogP contribution in [0.2, 0.25) is 0 Å². The van der Waals surface area contributed by atoms with Crippen LogP contribution in [0.25, 0.3) is 0 Å². The third kappa shape index (κ3) is 6.40. The van der Waals surface area contributed by atoms with E-state index in [0.717, 1.165) is 5.75 Å². The van der Waals surface area contributed by atoms with Crippen LogP contribution in [0.4, 0.5) is 0 Å². The van der Waals surface area contributed by atoms with Gasteiger partial charge in [-0.05, 0) is 18.0 Å². The molecule has 42 valence electrons. The van der Waals surface area contributed by atoms with Crippen molar-refractivity contribution in [1.82, 2.24) is 4.72 Å². The fraction of sp³-hybridized carbons (Fsp3) is 0.500. The monoisotopic (exact) mass is 135 g/mol. The van der Waals surface area contributed by atoms with Crippen LogP contribution in [0.5, 0.6) is 0 Å². The summed E-state index contributed by atoms with van der Waals surface area (Å²) in [4.78, 5) is 0. The van der Waals surface area contributed by atoms with Crippen molar-refractivity contribution < 1.29 is 0 Å². The van der Waals surface area contributed by atoms with E-state index in [2.05, 4.69) is 11.3 Å². The Balaban J connectivity index is 2.56. The topological polar surface area (TPSA) is 12.0 Å². The lowest BCUT2D eigenvalue weighted by Crippen LogP contribution is -1.85. The van der Waals surface area contributed by atoms with E-state index in [0.29, 0.717) is 0 Å². The molecule has 0 heterocycles. The van der Waals surface area contributed by atoms with Crippen molar-refractivity contribution in [2.75, 3.05) is 12.8 Å². The molecule has 0 spiro atoms. The molecule has 0 rings (SSSR count).